The van der Waals surface area contributed by atoms with Gasteiger partial charge in [-0.15, -0.1) is 10.2 Å². The molecule has 0 aliphatic heterocycles. The highest BCUT2D eigenvalue weighted by Crippen LogP contribution is 2.38. The lowest BCUT2D eigenvalue weighted by Gasteiger charge is -2.21. The van der Waals surface area contributed by atoms with Crippen molar-refractivity contribution in [1.29, 1.82) is 0 Å². The second kappa shape index (κ2) is 9.09. The van der Waals surface area contributed by atoms with Gasteiger partial charge in [0.15, 0.2) is 5.16 Å². The number of nitrogens with one attached hydrogen (secondary N) is 2. The first kappa shape index (κ1) is 20.2. The molecule has 0 bridgehead atoms. The lowest BCUT2D eigenvalue weighted by atomic mass is 10.2. The molecule has 0 radical (unpaired) electrons. The third-order valence-corrected chi connectivity index (χ3v) is 5.60. The minimum absolute atomic E-state index is 0.159. The summed E-state index contributed by atoms with van der Waals surface area (Å²) in [7, 11) is 0. The van der Waals surface area contributed by atoms with Gasteiger partial charge in [0.25, 0.3) is 5.91 Å². The molecular weight excluding hydrogens is 376 g/mol. The van der Waals surface area contributed by atoms with Crippen LogP contribution in [0.1, 0.15) is 48.9 Å². The van der Waals surface area contributed by atoms with E-state index in [2.05, 4.69) is 44.4 Å². The number of nitrogens with zero attached hydrogens (tertiary/aromatic N) is 4. The second-order valence-electron chi connectivity index (χ2n) is 6.64. The van der Waals surface area contributed by atoms with Gasteiger partial charge in [0, 0.05) is 30.4 Å². The maximum absolute atomic E-state index is 12.2. The average Bonchev–Trinajstić information content (AvgIpc) is 3.48. The van der Waals surface area contributed by atoms with Gasteiger partial charge in [-0.1, -0.05) is 11.8 Å². The maximum atomic E-state index is 12.2. The molecule has 2 aromatic rings. The normalized spacial score (nSPS) is 13.2. The van der Waals surface area contributed by atoms with Gasteiger partial charge in [-0.05, 0) is 57.9 Å². The molecule has 28 heavy (non-hydrogen) atoms. The van der Waals surface area contributed by atoms with Gasteiger partial charge in [-0.25, -0.2) is 0 Å². The van der Waals surface area contributed by atoms with Crippen molar-refractivity contribution in [2.24, 2.45) is 0 Å². The van der Waals surface area contributed by atoms with Crippen LogP contribution in [-0.4, -0.2) is 45.4 Å². The molecule has 8 nitrogen and oxygen atoms in total. The Hall–Kier alpha value is -2.55. The van der Waals surface area contributed by atoms with Gasteiger partial charge in [0.2, 0.25) is 5.91 Å². The van der Waals surface area contributed by atoms with Crippen molar-refractivity contribution in [3.05, 3.63) is 35.7 Å². The Kier molecular flexibility index (Phi) is 6.56. The number of rotatable bonds is 8. The van der Waals surface area contributed by atoms with Crippen LogP contribution in [0.3, 0.4) is 0 Å². The molecule has 2 N–H and O–H groups in total. The summed E-state index contributed by atoms with van der Waals surface area (Å²) >= 11 is 1.32. The van der Waals surface area contributed by atoms with E-state index < -0.39 is 0 Å². The third kappa shape index (κ3) is 4.83. The molecule has 1 heterocycles. The fourth-order valence-electron chi connectivity index (χ4n) is 2.98. The van der Waals surface area contributed by atoms with E-state index in [1.807, 2.05) is 19.1 Å². The number of benzene rings is 1. The number of carbonyl (C=O) groups is 2. The molecule has 9 heteroatoms. The summed E-state index contributed by atoms with van der Waals surface area (Å²) in [6.07, 6.45) is 2.25. The van der Waals surface area contributed by atoms with E-state index in [9.17, 15) is 9.59 Å². The lowest BCUT2D eigenvalue weighted by molar-refractivity contribution is -0.119. The quantitative estimate of drug-likeness (QED) is 0.520. The lowest BCUT2D eigenvalue weighted by Crippen LogP contribution is -2.42. The highest BCUT2D eigenvalue weighted by atomic mass is 32.2. The van der Waals surface area contributed by atoms with Crippen LogP contribution < -0.4 is 15.8 Å². The van der Waals surface area contributed by atoms with Gasteiger partial charge in [0.05, 0.1) is 5.75 Å². The number of thioether (sulfide) groups is 1. The zero-order valence-electron chi connectivity index (χ0n) is 16.4. The van der Waals surface area contributed by atoms with E-state index in [0.29, 0.717) is 11.6 Å². The van der Waals surface area contributed by atoms with Crippen molar-refractivity contribution < 1.29 is 9.59 Å². The van der Waals surface area contributed by atoms with Gasteiger partial charge in [-0.3, -0.25) is 20.4 Å². The predicted octanol–water partition coefficient (Wildman–Crippen LogP) is 2.32. The molecule has 0 atom stereocenters. The molecule has 1 saturated carbocycles. The summed E-state index contributed by atoms with van der Waals surface area (Å²) in [5, 5.41) is 8.97. The Morgan fingerprint density at radius 2 is 1.82 bits per heavy atom. The highest BCUT2D eigenvalue weighted by Gasteiger charge is 2.28. The number of carbonyl (C=O) groups excluding carboxylic acids is 2. The van der Waals surface area contributed by atoms with Crippen molar-refractivity contribution in [2.45, 2.75) is 44.8 Å². The minimum atomic E-state index is -0.346. The molecular formula is C19H26N6O2S. The van der Waals surface area contributed by atoms with Gasteiger partial charge in [0.1, 0.15) is 5.82 Å². The van der Waals surface area contributed by atoms with Gasteiger partial charge < -0.3 is 9.47 Å². The van der Waals surface area contributed by atoms with E-state index in [1.54, 1.807) is 12.1 Å². The highest BCUT2D eigenvalue weighted by molar-refractivity contribution is 7.99. The fraction of sp³-hybridized carbons (Fsp3) is 0.474. The first-order valence-corrected chi connectivity index (χ1v) is 10.5. The molecule has 1 aliphatic carbocycles. The number of hydrazine groups is 1. The number of aromatic nitrogens is 3. The van der Waals surface area contributed by atoms with Gasteiger partial charge in [-0.2, -0.15) is 0 Å². The topological polar surface area (TPSA) is 92.2 Å². The molecule has 1 aliphatic rings. The largest absolute Gasteiger partial charge is 0.372 e. The Balaban J connectivity index is 1.47. The Labute approximate surface area is 169 Å². The predicted molar refractivity (Wildman–Crippen MR) is 109 cm³/mol. The standard InChI is InChI=1S/C19H26N6O2S/c1-4-24(5-2)15-8-6-14(7-9-15)18(27)22-21-17(26)12-28-19-23-20-13(3)25(19)16-10-11-16/h6-9,16H,4-5,10-12H2,1-3H3,(H,21,26)(H,22,27). The van der Waals surface area contributed by atoms with E-state index in [4.69, 9.17) is 0 Å². The minimum Gasteiger partial charge on any atom is -0.372 e. The number of hydrogen-bond acceptors (Lipinski definition) is 6. The monoisotopic (exact) mass is 402 g/mol. The number of anilines is 1. The Morgan fingerprint density at radius 3 is 2.43 bits per heavy atom. The van der Waals surface area contributed by atoms with Gasteiger partial charge >= 0.3 is 0 Å². The van der Waals surface area contributed by atoms with Crippen molar-refractivity contribution in [2.75, 3.05) is 23.7 Å². The summed E-state index contributed by atoms with van der Waals surface area (Å²) in [5.41, 5.74) is 6.47. The van der Waals surface area contributed by atoms with Crippen LogP contribution in [-0.2, 0) is 4.79 Å². The van der Waals surface area contributed by atoms with Crippen LogP contribution in [0.25, 0.3) is 0 Å². The number of aryl methyl sites for hydroxylation is 1. The van der Waals surface area contributed by atoms with E-state index in [1.165, 1.54) is 11.8 Å². The molecule has 3 rings (SSSR count). The summed E-state index contributed by atoms with van der Waals surface area (Å²) in [6.45, 7) is 7.91. The average molecular weight is 403 g/mol. The first-order chi connectivity index (χ1) is 13.5. The fourth-order valence-corrected chi connectivity index (χ4v) is 3.83. The second-order valence-corrected chi connectivity index (χ2v) is 7.58. The van der Waals surface area contributed by atoms with Crippen LogP contribution in [0.15, 0.2) is 29.4 Å². The summed E-state index contributed by atoms with van der Waals surface area (Å²) in [5.74, 6) is 0.390. The summed E-state index contributed by atoms with van der Waals surface area (Å²) in [6, 6.07) is 7.79. The van der Waals surface area contributed by atoms with Crippen LogP contribution in [0, 0.1) is 6.92 Å². The van der Waals surface area contributed by atoms with Crippen LogP contribution in [0.4, 0.5) is 5.69 Å². The Bertz CT molecular complexity index is 827. The first-order valence-electron chi connectivity index (χ1n) is 9.52. The molecule has 0 spiro atoms. The summed E-state index contributed by atoms with van der Waals surface area (Å²) < 4.78 is 2.08. The van der Waals surface area contributed by atoms with Crippen molar-refractivity contribution in [3.8, 4) is 0 Å². The van der Waals surface area contributed by atoms with E-state index in [0.717, 1.165) is 42.6 Å². The smallest absolute Gasteiger partial charge is 0.269 e. The SMILES string of the molecule is CCN(CC)c1ccc(C(=O)NNC(=O)CSc2nnc(C)n2C2CC2)cc1. The maximum Gasteiger partial charge on any atom is 0.269 e. The third-order valence-electron chi connectivity index (χ3n) is 4.65. The molecule has 1 aromatic heterocycles. The number of amides is 2. The van der Waals surface area contributed by atoms with Crippen molar-refractivity contribution in [3.63, 3.8) is 0 Å². The molecule has 1 fully saturated rings. The van der Waals surface area contributed by atoms with Crippen LogP contribution in [0.5, 0.6) is 0 Å². The summed E-state index contributed by atoms with van der Waals surface area (Å²) in [4.78, 5) is 26.5. The van der Waals surface area contributed by atoms with Crippen LogP contribution >= 0.6 is 11.8 Å². The van der Waals surface area contributed by atoms with Crippen molar-refractivity contribution in [1.82, 2.24) is 25.6 Å². The molecule has 1 aromatic carbocycles. The number of hydrogen-bond donors (Lipinski definition) is 2. The van der Waals surface area contributed by atoms with E-state index in [-0.39, 0.29) is 17.6 Å². The molecule has 2 amide bonds. The molecule has 0 saturated heterocycles. The zero-order chi connectivity index (χ0) is 20.1. The van der Waals surface area contributed by atoms with E-state index >= 15 is 0 Å². The van der Waals surface area contributed by atoms with Crippen LogP contribution in [0.2, 0.25) is 0 Å². The molecule has 150 valence electrons. The molecule has 0 unspecified atom stereocenters. The zero-order valence-corrected chi connectivity index (χ0v) is 17.3. The Morgan fingerprint density at radius 1 is 1.14 bits per heavy atom. The van der Waals surface area contributed by atoms with Crippen molar-refractivity contribution >= 4 is 29.3 Å².